The molecule has 128 valence electrons. The lowest BCUT2D eigenvalue weighted by molar-refractivity contribution is 0.415. The number of aromatic nitrogens is 3. The van der Waals surface area contributed by atoms with Crippen LogP contribution < -0.4 is 10.1 Å². The minimum atomic E-state index is 0.640. The molecule has 0 radical (unpaired) electrons. The lowest BCUT2D eigenvalue weighted by Gasteiger charge is -2.10. The van der Waals surface area contributed by atoms with Crippen LogP contribution >= 0.6 is 15.9 Å². The third-order valence-electron chi connectivity index (χ3n) is 3.96. The van der Waals surface area contributed by atoms with Crippen molar-refractivity contribution in [3.05, 3.63) is 71.5 Å². The summed E-state index contributed by atoms with van der Waals surface area (Å²) in [6, 6.07) is 17.6. The molecule has 0 aliphatic carbocycles. The summed E-state index contributed by atoms with van der Waals surface area (Å²) in [5, 5.41) is 4.41. The molecule has 0 unspecified atom stereocenters. The number of benzene rings is 2. The number of ether oxygens (including phenoxy) is 1. The minimum Gasteiger partial charge on any atom is -0.497 e. The van der Waals surface area contributed by atoms with E-state index in [0.29, 0.717) is 11.6 Å². The Hall–Kier alpha value is -2.99. The number of nitrogens with zero attached hydrogens (tertiary/aromatic N) is 3. The van der Waals surface area contributed by atoms with E-state index in [-0.39, 0.29) is 0 Å². The van der Waals surface area contributed by atoms with Gasteiger partial charge in [0.1, 0.15) is 11.6 Å². The fourth-order valence-electron chi connectivity index (χ4n) is 2.62. The first-order valence-electron chi connectivity index (χ1n) is 8.02. The predicted molar refractivity (Wildman–Crippen MR) is 107 cm³/mol. The van der Waals surface area contributed by atoms with Crippen molar-refractivity contribution in [2.24, 2.45) is 0 Å². The molecular weight excluding hydrogens is 392 g/mol. The van der Waals surface area contributed by atoms with Crippen molar-refractivity contribution in [1.29, 1.82) is 0 Å². The Labute approximate surface area is 159 Å². The van der Waals surface area contributed by atoms with Crippen molar-refractivity contribution in [1.82, 2.24) is 15.0 Å². The Morgan fingerprint density at radius 3 is 2.65 bits per heavy atom. The first kappa shape index (κ1) is 16.5. The SMILES string of the molecule is COc1ccc(-c2ncc(Br)c(Nc3ccc4ncccc4c3)n2)cc1. The van der Waals surface area contributed by atoms with Crippen LogP contribution in [-0.2, 0) is 0 Å². The van der Waals surface area contributed by atoms with E-state index in [1.807, 2.05) is 54.6 Å². The lowest BCUT2D eigenvalue weighted by Crippen LogP contribution is -1.98. The number of halogens is 1. The first-order chi connectivity index (χ1) is 12.7. The van der Waals surface area contributed by atoms with Crippen LogP contribution in [0.2, 0.25) is 0 Å². The molecule has 4 aromatic rings. The number of methoxy groups -OCH3 is 1. The van der Waals surface area contributed by atoms with Gasteiger partial charge in [0.25, 0.3) is 0 Å². The average Bonchev–Trinajstić information content (AvgIpc) is 2.70. The zero-order chi connectivity index (χ0) is 17.9. The fraction of sp³-hybridized carbons (Fsp3) is 0.0500. The molecule has 5 nitrogen and oxygen atoms in total. The van der Waals surface area contributed by atoms with E-state index < -0.39 is 0 Å². The summed E-state index contributed by atoms with van der Waals surface area (Å²) in [5.74, 6) is 2.14. The molecule has 26 heavy (non-hydrogen) atoms. The van der Waals surface area contributed by atoms with Crippen molar-refractivity contribution in [2.45, 2.75) is 0 Å². The highest BCUT2D eigenvalue weighted by Gasteiger charge is 2.08. The minimum absolute atomic E-state index is 0.640. The molecule has 4 rings (SSSR count). The zero-order valence-corrected chi connectivity index (χ0v) is 15.6. The van der Waals surface area contributed by atoms with E-state index in [1.165, 1.54) is 0 Å². The molecule has 0 saturated heterocycles. The molecule has 2 heterocycles. The highest BCUT2D eigenvalue weighted by atomic mass is 79.9. The van der Waals surface area contributed by atoms with Crippen molar-refractivity contribution >= 4 is 38.3 Å². The second-order valence-electron chi connectivity index (χ2n) is 5.65. The van der Waals surface area contributed by atoms with Gasteiger partial charge in [0.05, 0.1) is 17.1 Å². The molecule has 0 aliphatic rings. The smallest absolute Gasteiger partial charge is 0.161 e. The molecule has 0 aliphatic heterocycles. The summed E-state index contributed by atoms with van der Waals surface area (Å²) >= 11 is 3.51. The van der Waals surface area contributed by atoms with Crippen LogP contribution in [0.25, 0.3) is 22.3 Å². The van der Waals surface area contributed by atoms with E-state index in [4.69, 9.17) is 4.74 Å². The summed E-state index contributed by atoms with van der Waals surface area (Å²) in [6.45, 7) is 0. The number of anilines is 2. The topological polar surface area (TPSA) is 59.9 Å². The van der Waals surface area contributed by atoms with Crippen LogP contribution in [0, 0.1) is 0 Å². The predicted octanol–water partition coefficient (Wildman–Crippen LogP) is 5.21. The largest absolute Gasteiger partial charge is 0.497 e. The van der Waals surface area contributed by atoms with Gasteiger partial charge in [-0.3, -0.25) is 4.98 Å². The third kappa shape index (κ3) is 3.36. The molecule has 1 N–H and O–H groups in total. The van der Waals surface area contributed by atoms with E-state index in [1.54, 1.807) is 19.5 Å². The molecule has 0 amide bonds. The number of rotatable bonds is 4. The van der Waals surface area contributed by atoms with E-state index in [9.17, 15) is 0 Å². The maximum absolute atomic E-state index is 5.20. The van der Waals surface area contributed by atoms with Gasteiger partial charge in [-0.15, -0.1) is 0 Å². The monoisotopic (exact) mass is 406 g/mol. The van der Waals surface area contributed by atoms with Gasteiger partial charge < -0.3 is 10.1 Å². The molecular formula is C20H15BrN4O. The Kier molecular flexibility index (Phi) is 4.50. The van der Waals surface area contributed by atoms with Crippen LogP contribution in [0.3, 0.4) is 0 Å². The van der Waals surface area contributed by atoms with Crippen LogP contribution in [-0.4, -0.2) is 22.1 Å². The Balaban J connectivity index is 1.66. The van der Waals surface area contributed by atoms with Gasteiger partial charge in [-0.1, -0.05) is 6.07 Å². The maximum Gasteiger partial charge on any atom is 0.161 e. The molecule has 2 aromatic carbocycles. The van der Waals surface area contributed by atoms with E-state index in [2.05, 4.69) is 36.2 Å². The number of fused-ring (bicyclic) bond motifs is 1. The van der Waals surface area contributed by atoms with Crippen molar-refractivity contribution in [3.8, 4) is 17.1 Å². The normalized spacial score (nSPS) is 10.7. The molecule has 0 bridgehead atoms. The summed E-state index contributed by atoms with van der Waals surface area (Å²) in [5.41, 5.74) is 2.81. The van der Waals surface area contributed by atoms with Gasteiger partial charge >= 0.3 is 0 Å². The highest BCUT2D eigenvalue weighted by molar-refractivity contribution is 9.10. The molecule has 6 heteroatoms. The summed E-state index contributed by atoms with van der Waals surface area (Å²) in [6.07, 6.45) is 3.54. The zero-order valence-electron chi connectivity index (χ0n) is 14.0. The van der Waals surface area contributed by atoms with Crippen molar-refractivity contribution < 1.29 is 4.74 Å². The number of nitrogens with one attached hydrogen (secondary N) is 1. The number of hydrogen-bond acceptors (Lipinski definition) is 5. The van der Waals surface area contributed by atoms with E-state index in [0.717, 1.165) is 32.4 Å². The summed E-state index contributed by atoms with van der Waals surface area (Å²) < 4.78 is 5.99. The average molecular weight is 407 g/mol. The molecule has 0 saturated carbocycles. The van der Waals surface area contributed by atoms with Gasteiger partial charge in [0.15, 0.2) is 5.82 Å². The Bertz CT molecular complexity index is 1070. The molecule has 0 spiro atoms. The summed E-state index contributed by atoms with van der Waals surface area (Å²) in [4.78, 5) is 13.4. The van der Waals surface area contributed by atoms with Crippen molar-refractivity contribution in [3.63, 3.8) is 0 Å². The molecule has 2 aromatic heterocycles. The number of hydrogen-bond donors (Lipinski definition) is 1. The van der Waals surface area contributed by atoms with Crippen LogP contribution in [0.4, 0.5) is 11.5 Å². The third-order valence-corrected chi connectivity index (χ3v) is 4.54. The quantitative estimate of drug-likeness (QED) is 0.504. The molecule has 0 atom stereocenters. The van der Waals surface area contributed by atoms with Crippen molar-refractivity contribution in [2.75, 3.05) is 12.4 Å². The van der Waals surface area contributed by atoms with Gasteiger partial charge in [-0.25, -0.2) is 9.97 Å². The number of pyridine rings is 1. The van der Waals surface area contributed by atoms with Crippen LogP contribution in [0.15, 0.2) is 71.5 Å². The van der Waals surface area contributed by atoms with Gasteiger partial charge in [-0.2, -0.15) is 0 Å². The van der Waals surface area contributed by atoms with Crippen LogP contribution in [0.5, 0.6) is 5.75 Å². The van der Waals surface area contributed by atoms with Gasteiger partial charge in [-0.05, 0) is 64.5 Å². The molecule has 0 fully saturated rings. The Morgan fingerprint density at radius 2 is 1.85 bits per heavy atom. The van der Waals surface area contributed by atoms with Gasteiger partial charge in [0.2, 0.25) is 0 Å². The lowest BCUT2D eigenvalue weighted by atomic mass is 10.2. The first-order valence-corrected chi connectivity index (χ1v) is 8.81. The van der Waals surface area contributed by atoms with E-state index >= 15 is 0 Å². The standard InChI is InChI=1S/C20H15BrN4O/c1-26-16-7-4-13(5-8-16)19-23-12-17(21)20(25-19)24-15-6-9-18-14(11-15)3-2-10-22-18/h2-12H,1H3,(H,23,24,25). The Morgan fingerprint density at radius 1 is 1.00 bits per heavy atom. The highest BCUT2D eigenvalue weighted by Crippen LogP contribution is 2.28. The maximum atomic E-state index is 5.20. The second kappa shape index (κ2) is 7.09. The second-order valence-corrected chi connectivity index (χ2v) is 6.51. The fourth-order valence-corrected chi connectivity index (χ4v) is 2.91. The van der Waals surface area contributed by atoms with Crippen LogP contribution in [0.1, 0.15) is 0 Å². The summed E-state index contributed by atoms with van der Waals surface area (Å²) in [7, 11) is 1.65. The van der Waals surface area contributed by atoms with Gasteiger partial charge in [0, 0.05) is 29.0 Å².